The van der Waals surface area contributed by atoms with Gasteiger partial charge in [-0.1, -0.05) is 25.2 Å². The van der Waals surface area contributed by atoms with Crippen LogP contribution in [0.5, 0.6) is 0 Å². The van der Waals surface area contributed by atoms with Crippen molar-refractivity contribution in [2.45, 2.75) is 59.0 Å². The number of carbonyl (C=O) groups is 2. The molecular weight excluding hydrogens is 482 g/mol. The van der Waals surface area contributed by atoms with Gasteiger partial charge in [-0.2, -0.15) is 0 Å². The van der Waals surface area contributed by atoms with Crippen LogP contribution in [0.25, 0.3) is 0 Å². The van der Waals surface area contributed by atoms with E-state index >= 15 is 0 Å². The lowest BCUT2D eigenvalue weighted by Gasteiger charge is -2.37. The first-order chi connectivity index (χ1) is 18.2. The Labute approximate surface area is 227 Å². The van der Waals surface area contributed by atoms with Gasteiger partial charge in [-0.15, -0.1) is 0 Å². The molecule has 0 aliphatic rings. The number of carboxylic acids is 1. The minimum absolute atomic E-state index is 0.0202. The van der Waals surface area contributed by atoms with Crippen molar-refractivity contribution in [3.63, 3.8) is 0 Å². The maximum Gasteiger partial charge on any atom is 0.335 e. The minimum atomic E-state index is -0.957. The van der Waals surface area contributed by atoms with Crippen LogP contribution in [0.2, 0.25) is 0 Å². The number of nitrogens with zero attached hydrogens (tertiary/aromatic N) is 2. The highest BCUT2D eigenvalue weighted by atomic mass is 16.5. The van der Waals surface area contributed by atoms with Crippen molar-refractivity contribution in [2.24, 2.45) is 4.99 Å². The minimum Gasteiger partial charge on any atom is -0.478 e. The summed E-state index contributed by atoms with van der Waals surface area (Å²) >= 11 is 0. The summed E-state index contributed by atoms with van der Waals surface area (Å²) in [6.07, 6.45) is 11.7. The molecule has 0 aliphatic carbocycles. The molecule has 0 saturated carbocycles. The van der Waals surface area contributed by atoms with Gasteiger partial charge < -0.3 is 30.0 Å². The highest BCUT2D eigenvalue weighted by Gasteiger charge is 2.30. The Hall–Kier alpha value is -3.07. The first-order valence-corrected chi connectivity index (χ1v) is 13.2. The molecule has 0 saturated heterocycles. The fourth-order valence-corrected chi connectivity index (χ4v) is 3.88. The maximum atomic E-state index is 11.1. The average Bonchev–Trinajstić information content (AvgIpc) is 2.93. The summed E-state index contributed by atoms with van der Waals surface area (Å²) in [5.74, 6) is -0.957. The molecule has 3 N–H and O–H groups in total. The first kappa shape index (κ1) is 33.0. The molecule has 8 heteroatoms. The number of aliphatic imine (C=N–C) groups is 1. The zero-order valence-electron chi connectivity index (χ0n) is 23.6. The number of benzene rings is 1. The Kier molecular flexibility index (Phi) is 15.8. The third-order valence-electron chi connectivity index (χ3n) is 6.56. The predicted octanol–water partition coefficient (Wildman–Crippen LogP) is 4.80. The Morgan fingerprint density at radius 1 is 1.21 bits per heavy atom. The molecule has 0 bridgehead atoms. The van der Waals surface area contributed by atoms with Crippen molar-refractivity contribution in [1.29, 1.82) is 0 Å². The lowest BCUT2D eigenvalue weighted by Crippen LogP contribution is -2.46. The number of allylic oxidation sites excluding steroid dienone is 4. The number of likely N-dealkylation sites (N-methyl/N-ethyl adjacent to an activating group) is 1. The zero-order chi connectivity index (χ0) is 28.4. The molecule has 38 heavy (non-hydrogen) atoms. The molecule has 0 spiro atoms. The smallest absolute Gasteiger partial charge is 0.335 e. The monoisotopic (exact) mass is 527 g/mol. The van der Waals surface area contributed by atoms with Crippen molar-refractivity contribution in [3.8, 4) is 0 Å². The van der Waals surface area contributed by atoms with E-state index in [-0.39, 0.29) is 18.8 Å². The predicted molar refractivity (Wildman–Crippen MR) is 155 cm³/mol. The van der Waals surface area contributed by atoms with E-state index < -0.39 is 11.6 Å². The maximum absolute atomic E-state index is 11.1. The molecule has 8 nitrogen and oxygen atoms in total. The fourth-order valence-electron chi connectivity index (χ4n) is 3.88. The third-order valence-corrected chi connectivity index (χ3v) is 6.56. The number of aldehydes is 1. The highest BCUT2D eigenvalue weighted by molar-refractivity contribution is 5.88. The molecular formula is C30H45N3O5. The van der Waals surface area contributed by atoms with Crippen molar-refractivity contribution >= 4 is 24.2 Å². The van der Waals surface area contributed by atoms with Gasteiger partial charge in [0.25, 0.3) is 0 Å². The fraction of sp³-hybridized carbons (Fsp3) is 0.500. The van der Waals surface area contributed by atoms with E-state index in [4.69, 9.17) is 9.84 Å². The van der Waals surface area contributed by atoms with Crippen molar-refractivity contribution < 1.29 is 24.5 Å². The average molecular weight is 528 g/mol. The molecule has 0 aromatic heterocycles. The topological polar surface area (TPSA) is 111 Å². The molecule has 1 aromatic carbocycles. The van der Waals surface area contributed by atoms with Gasteiger partial charge in [0.05, 0.1) is 17.8 Å². The summed E-state index contributed by atoms with van der Waals surface area (Å²) in [6.45, 7) is 10.00. The molecule has 1 aromatic rings. The molecule has 0 fully saturated rings. The van der Waals surface area contributed by atoms with Crippen LogP contribution in [0.15, 0.2) is 64.3 Å². The Bertz CT molecular complexity index is 982. The van der Waals surface area contributed by atoms with Gasteiger partial charge >= 0.3 is 5.97 Å². The summed E-state index contributed by atoms with van der Waals surface area (Å²) in [5, 5.41) is 22.1. The van der Waals surface area contributed by atoms with E-state index in [9.17, 15) is 14.7 Å². The Balaban J connectivity index is 2.68. The zero-order valence-corrected chi connectivity index (χ0v) is 23.6. The summed E-state index contributed by atoms with van der Waals surface area (Å²) in [7, 11) is 1.94. The van der Waals surface area contributed by atoms with Crippen LogP contribution >= 0.6 is 0 Å². The third kappa shape index (κ3) is 12.0. The van der Waals surface area contributed by atoms with Crippen molar-refractivity contribution in [1.82, 2.24) is 5.32 Å². The van der Waals surface area contributed by atoms with E-state index in [2.05, 4.69) is 22.5 Å². The summed E-state index contributed by atoms with van der Waals surface area (Å²) < 4.78 is 6.04. The van der Waals surface area contributed by atoms with E-state index in [1.54, 1.807) is 24.3 Å². The van der Waals surface area contributed by atoms with Gasteiger partial charge in [-0.05, 0) is 88.5 Å². The lowest BCUT2D eigenvalue weighted by molar-refractivity contribution is -0.119. The van der Waals surface area contributed by atoms with Crippen LogP contribution in [-0.4, -0.2) is 74.2 Å². The van der Waals surface area contributed by atoms with E-state index in [0.29, 0.717) is 19.4 Å². The number of carboxylic acid groups (broad SMARTS) is 1. The van der Waals surface area contributed by atoms with Crippen LogP contribution in [0.4, 0.5) is 5.69 Å². The van der Waals surface area contributed by atoms with Crippen LogP contribution in [0.1, 0.15) is 63.7 Å². The molecule has 1 atom stereocenters. The molecule has 0 aliphatic heterocycles. The molecule has 1 unspecified atom stereocenters. The number of aliphatic hydroxyl groups excluding tert-OH is 1. The number of rotatable bonds is 19. The number of aromatic carboxylic acids is 1. The van der Waals surface area contributed by atoms with Crippen LogP contribution in [0.3, 0.4) is 0 Å². The number of hydrogen-bond donors (Lipinski definition) is 3. The highest BCUT2D eigenvalue weighted by Crippen LogP contribution is 2.25. The summed E-state index contributed by atoms with van der Waals surface area (Å²) in [4.78, 5) is 28.6. The molecule has 0 amide bonds. The molecule has 1 rings (SSSR count). The second kappa shape index (κ2) is 18.2. The number of ether oxygens (including phenoxy) is 1. The standard InChI is InChI=1S/C30H45N3O5/c1-6-25(4)32-18-15-26(24(3)22-35)10-8-9-17-31-19-16-30(7-2,38-21-20-34)23-33(5)28-13-11-27(12-14-28)29(36)37/h6,8,10-14,18,20,31,35H,7,9,15-17,19,21-23H2,1-5H3,(H,36,37)/b10-8-,25-6-,26-24-,32-18?. The first-order valence-electron chi connectivity index (χ1n) is 13.2. The number of hydrogen-bond acceptors (Lipinski definition) is 7. The van der Waals surface area contributed by atoms with E-state index in [1.165, 1.54) is 0 Å². The second-order valence-corrected chi connectivity index (χ2v) is 9.32. The Morgan fingerprint density at radius 3 is 2.50 bits per heavy atom. The summed E-state index contributed by atoms with van der Waals surface area (Å²) in [5.41, 5.74) is 3.55. The number of anilines is 1. The molecule has 210 valence electrons. The van der Waals surface area contributed by atoms with Gasteiger partial charge in [-0.25, -0.2) is 4.79 Å². The SMILES string of the molecule is C/C=C(/C)N=CCC(/C=C\CCNCCC(CC)(CN(C)c1ccc(C(=O)O)cc1)OCC=O)=C(/C)CO. The summed E-state index contributed by atoms with van der Waals surface area (Å²) in [6, 6.07) is 6.73. The van der Waals surface area contributed by atoms with Crippen LogP contribution < -0.4 is 10.2 Å². The molecule has 0 heterocycles. The van der Waals surface area contributed by atoms with E-state index in [0.717, 1.165) is 54.7 Å². The number of aliphatic hydroxyl groups is 1. The Morgan fingerprint density at radius 2 is 1.92 bits per heavy atom. The van der Waals surface area contributed by atoms with Gasteiger partial charge in [0.1, 0.15) is 12.9 Å². The van der Waals surface area contributed by atoms with Gasteiger partial charge in [-0.3, -0.25) is 4.99 Å². The van der Waals surface area contributed by atoms with Crippen LogP contribution in [-0.2, 0) is 9.53 Å². The lowest BCUT2D eigenvalue weighted by atomic mass is 9.94. The van der Waals surface area contributed by atoms with E-state index in [1.807, 2.05) is 51.9 Å². The quantitative estimate of drug-likeness (QED) is 0.102. The normalized spacial score (nSPS) is 14.5. The number of carbonyl (C=O) groups excluding carboxylic acids is 1. The van der Waals surface area contributed by atoms with Gasteiger partial charge in [0.15, 0.2) is 0 Å². The van der Waals surface area contributed by atoms with Crippen LogP contribution in [0, 0.1) is 0 Å². The van der Waals surface area contributed by atoms with Crippen molar-refractivity contribution in [2.75, 3.05) is 44.8 Å². The largest absolute Gasteiger partial charge is 0.478 e. The number of nitrogens with one attached hydrogen (secondary N) is 1. The van der Waals surface area contributed by atoms with Crippen molar-refractivity contribution in [3.05, 3.63) is 64.9 Å². The van der Waals surface area contributed by atoms with Gasteiger partial charge in [0, 0.05) is 37.6 Å². The van der Waals surface area contributed by atoms with Gasteiger partial charge in [0.2, 0.25) is 0 Å². The molecule has 0 radical (unpaired) electrons. The second-order valence-electron chi connectivity index (χ2n) is 9.32.